The van der Waals surface area contributed by atoms with E-state index in [1.807, 2.05) is 13.8 Å². The summed E-state index contributed by atoms with van der Waals surface area (Å²) in [6, 6.07) is 0. The van der Waals surface area contributed by atoms with E-state index in [-0.39, 0.29) is 6.42 Å². The smallest absolute Gasteiger partial charge is 0.335 e. The van der Waals surface area contributed by atoms with Crippen LogP contribution in [0.3, 0.4) is 0 Å². The second-order valence-corrected chi connectivity index (χ2v) is 3.75. The Morgan fingerprint density at radius 3 is 1.94 bits per heavy atom. The number of ether oxygens (including phenoxy) is 2. The topological polar surface area (TPSA) is 52.6 Å². The van der Waals surface area contributed by atoms with Crippen molar-refractivity contribution in [3.8, 4) is 11.8 Å². The largest absolute Gasteiger partial charge is 0.467 e. The van der Waals surface area contributed by atoms with Gasteiger partial charge in [-0.05, 0) is 20.8 Å². The fourth-order valence-corrected chi connectivity index (χ4v) is 1.32. The molecular formula is C13H18O4. The van der Waals surface area contributed by atoms with Gasteiger partial charge in [-0.1, -0.05) is 17.6 Å². The Bertz CT molecular complexity index is 362. The zero-order valence-electron chi connectivity index (χ0n) is 10.9. The number of allylic oxidation sites excluding steroid dienone is 2. The van der Waals surface area contributed by atoms with Crippen molar-refractivity contribution in [1.29, 1.82) is 0 Å². The molecule has 0 atom stereocenters. The van der Waals surface area contributed by atoms with E-state index in [2.05, 4.69) is 21.3 Å². The molecule has 0 heterocycles. The molecule has 0 rings (SSSR count). The van der Waals surface area contributed by atoms with Gasteiger partial charge >= 0.3 is 11.9 Å². The molecule has 0 fully saturated rings. The first kappa shape index (κ1) is 15.2. The summed E-state index contributed by atoms with van der Waals surface area (Å²) in [4.78, 5) is 23.6. The van der Waals surface area contributed by atoms with Crippen molar-refractivity contribution in [2.75, 3.05) is 14.2 Å². The molecule has 0 spiro atoms. The number of methoxy groups -OCH3 is 2. The van der Waals surface area contributed by atoms with Crippen LogP contribution in [0.15, 0.2) is 11.6 Å². The van der Waals surface area contributed by atoms with E-state index in [0.717, 1.165) is 5.57 Å². The summed E-state index contributed by atoms with van der Waals surface area (Å²) in [5.41, 5.74) is -0.574. The number of hydrogen-bond donors (Lipinski definition) is 0. The SMILES string of the molecule is CC#CC(CC=C(C)C)(C(=O)OC)C(=O)OC. The average Bonchev–Trinajstić information content (AvgIpc) is 2.32. The fraction of sp³-hybridized carbons (Fsp3) is 0.538. The van der Waals surface area contributed by atoms with Gasteiger partial charge in [-0.2, -0.15) is 0 Å². The predicted molar refractivity (Wildman–Crippen MR) is 64.0 cm³/mol. The van der Waals surface area contributed by atoms with Gasteiger partial charge in [0.25, 0.3) is 0 Å². The van der Waals surface area contributed by atoms with E-state index >= 15 is 0 Å². The Morgan fingerprint density at radius 2 is 1.65 bits per heavy atom. The lowest BCUT2D eigenvalue weighted by Crippen LogP contribution is -2.39. The highest BCUT2D eigenvalue weighted by Crippen LogP contribution is 2.26. The number of carbonyl (C=O) groups is 2. The van der Waals surface area contributed by atoms with Gasteiger partial charge in [0.05, 0.1) is 14.2 Å². The third-order valence-corrected chi connectivity index (χ3v) is 2.22. The molecule has 0 aliphatic rings. The van der Waals surface area contributed by atoms with Crippen molar-refractivity contribution in [3.63, 3.8) is 0 Å². The number of carbonyl (C=O) groups excluding carboxylic acids is 2. The third kappa shape index (κ3) is 3.63. The summed E-state index contributed by atoms with van der Waals surface area (Å²) in [6.07, 6.45) is 1.91. The molecule has 0 amide bonds. The van der Waals surface area contributed by atoms with Crippen LogP contribution >= 0.6 is 0 Å². The third-order valence-electron chi connectivity index (χ3n) is 2.22. The van der Waals surface area contributed by atoms with E-state index in [9.17, 15) is 9.59 Å². The molecule has 0 aromatic heterocycles. The Morgan fingerprint density at radius 1 is 1.18 bits per heavy atom. The molecule has 0 bridgehead atoms. The van der Waals surface area contributed by atoms with Crippen LogP contribution in [0.4, 0.5) is 0 Å². The van der Waals surface area contributed by atoms with Crippen molar-refractivity contribution in [2.24, 2.45) is 5.41 Å². The molecule has 4 heteroatoms. The Kier molecular flexibility index (Phi) is 6.05. The van der Waals surface area contributed by atoms with Gasteiger partial charge in [0, 0.05) is 6.42 Å². The first-order valence-electron chi connectivity index (χ1n) is 5.18. The maximum absolute atomic E-state index is 11.8. The summed E-state index contributed by atoms with van der Waals surface area (Å²) in [5.74, 6) is 3.80. The van der Waals surface area contributed by atoms with Crippen molar-refractivity contribution in [1.82, 2.24) is 0 Å². The highest BCUT2D eigenvalue weighted by molar-refractivity contribution is 6.03. The zero-order chi connectivity index (χ0) is 13.5. The van der Waals surface area contributed by atoms with Gasteiger partial charge < -0.3 is 9.47 Å². The van der Waals surface area contributed by atoms with Crippen molar-refractivity contribution < 1.29 is 19.1 Å². The van der Waals surface area contributed by atoms with Crippen LogP contribution in [0, 0.1) is 17.3 Å². The molecule has 0 aliphatic heterocycles. The first-order valence-corrected chi connectivity index (χ1v) is 5.18. The van der Waals surface area contributed by atoms with Gasteiger partial charge in [-0.3, -0.25) is 0 Å². The molecule has 0 aromatic rings. The van der Waals surface area contributed by atoms with Crippen LogP contribution in [0.1, 0.15) is 27.2 Å². The molecule has 4 nitrogen and oxygen atoms in total. The zero-order valence-corrected chi connectivity index (χ0v) is 10.9. The maximum atomic E-state index is 11.8. The van der Waals surface area contributed by atoms with Gasteiger partial charge in [0.1, 0.15) is 0 Å². The highest BCUT2D eigenvalue weighted by Gasteiger charge is 2.46. The lowest BCUT2D eigenvalue weighted by Gasteiger charge is -2.21. The van der Waals surface area contributed by atoms with E-state index in [1.54, 1.807) is 13.0 Å². The van der Waals surface area contributed by atoms with Gasteiger partial charge in [0.15, 0.2) is 0 Å². The van der Waals surface area contributed by atoms with Crippen molar-refractivity contribution in [2.45, 2.75) is 27.2 Å². The quantitative estimate of drug-likeness (QED) is 0.324. The monoisotopic (exact) mass is 238 g/mol. The minimum Gasteiger partial charge on any atom is -0.467 e. The van der Waals surface area contributed by atoms with E-state index < -0.39 is 17.4 Å². The summed E-state index contributed by atoms with van der Waals surface area (Å²) >= 11 is 0. The van der Waals surface area contributed by atoms with Crippen molar-refractivity contribution >= 4 is 11.9 Å². The summed E-state index contributed by atoms with van der Waals surface area (Å²) in [5, 5.41) is 0. The minimum absolute atomic E-state index is 0.148. The molecule has 0 aliphatic carbocycles. The highest BCUT2D eigenvalue weighted by atomic mass is 16.5. The standard InChI is InChI=1S/C13H18O4/c1-6-8-13(11(14)16-4,12(15)17-5)9-7-10(2)3/h7H,9H2,1-5H3. The van der Waals surface area contributed by atoms with Crippen LogP contribution in [0.2, 0.25) is 0 Å². The lowest BCUT2D eigenvalue weighted by atomic mass is 9.84. The Labute approximate surface area is 102 Å². The van der Waals surface area contributed by atoms with Crippen LogP contribution < -0.4 is 0 Å². The molecule has 0 aromatic carbocycles. The second kappa shape index (κ2) is 6.74. The summed E-state index contributed by atoms with van der Waals surface area (Å²) < 4.78 is 9.30. The molecule has 0 N–H and O–H groups in total. The maximum Gasteiger partial charge on any atom is 0.335 e. The molecule has 17 heavy (non-hydrogen) atoms. The summed E-state index contributed by atoms with van der Waals surface area (Å²) in [6.45, 7) is 5.31. The molecule has 0 unspecified atom stereocenters. The van der Waals surface area contributed by atoms with Gasteiger partial charge in [-0.25, -0.2) is 9.59 Å². The predicted octanol–water partition coefficient (Wildman–Crippen LogP) is 1.70. The van der Waals surface area contributed by atoms with E-state index in [0.29, 0.717) is 0 Å². The van der Waals surface area contributed by atoms with Crippen LogP contribution in [-0.2, 0) is 19.1 Å². The average molecular weight is 238 g/mol. The summed E-state index contributed by atoms with van der Waals surface area (Å²) in [7, 11) is 2.44. The normalized spacial score (nSPS) is 9.71. The Balaban J connectivity index is 5.53. The number of hydrogen-bond acceptors (Lipinski definition) is 4. The first-order chi connectivity index (χ1) is 7.94. The van der Waals surface area contributed by atoms with E-state index in [1.165, 1.54) is 14.2 Å². The minimum atomic E-state index is -1.56. The Hall–Kier alpha value is -1.76. The lowest BCUT2D eigenvalue weighted by molar-refractivity contribution is -0.164. The molecule has 94 valence electrons. The van der Waals surface area contributed by atoms with Crippen LogP contribution in [-0.4, -0.2) is 26.2 Å². The van der Waals surface area contributed by atoms with Gasteiger partial charge in [0.2, 0.25) is 5.41 Å². The molecule has 0 saturated heterocycles. The number of esters is 2. The number of rotatable bonds is 4. The molecule has 0 radical (unpaired) electrons. The fourth-order valence-electron chi connectivity index (χ4n) is 1.32. The van der Waals surface area contributed by atoms with Crippen molar-refractivity contribution in [3.05, 3.63) is 11.6 Å². The van der Waals surface area contributed by atoms with Crippen LogP contribution in [0.25, 0.3) is 0 Å². The van der Waals surface area contributed by atoms with E-state index in [4.69, 9.17) is 0 Å². The molecule has 0 saturated carbocycles. The molecular weight excluding hydrogens is 220 g/mol. The second-order valence-electron chi connectivity index (χ2n) is 3.75. The van der Waals surface area contributed by atoms with Crippen LogP contribution in [0.5, 0.6) is 0 Å². The van der Waals surface area contributed by atoms with Gasteiger partial charge in [-0.15, -0.1) is 5.92 Å².